The van der Waals surface area contributed by atoms with Gasteiger partial charge in [-0.15, -0.1) is 0 Å². The van der Waals surface area contributed by atoms with E-state index in [1.165, 1.54) is 32.6 Å². The third-order valence-electron chi connectivity index (χ3n) is 4.13. The number of hydrogen-bond acceptors (Lipinski definition) is 6. The van der Waals surface area contributed by atoms with E-state index in [1.54, 1.807) is 12.1 Å². The molecule has 0 saturated carbocycles. The van der Waals surface area contributed by atoms with Crippen LogP contribution in [0.5, 0.6) is 11.5 Å². The number of amides is 1. The zero-order chi connectivity index (χ0) is 20.1. The van der Waals surface area contributed by atoms with Gasteiger partial charge in [0.15, 0.2) is 11.5 Å². The molecule has 0 spiro atoms. The summed E-state index contributed by atoms with van der Waals surface area (Å²) in [6.07, 6.45) is 1.20. The Kier molecular flexibility index (Phi) is 5.50. The second-order valence-corrected chi connectivity index (χ2v) is 5.75. The van der Waals surface area contributed by atoms with Gasteiger partial charge in [-0.05, 0) is 22.9 Å². The van der Waals surface area contributed by atoms with Crippen molar-refractivity contribution in [2.75, 3.05) is 14.2 Å². The van der Waals surface area contributed by atoms with Gasteiger partial charge in [0.2, 0.25) is 0 Å². The number of hydrogen-bond donors (Lipinski definition) is 1. The van der Waals surface area contributed by atoms with Crippen molar-refractivity contribution in [2.45, 2.75) is 0 Å². The number of benzene rings is 3. The highest BCUT2D eigenvalue weighted by atomic mass is 16.6. The summed E-state index contributed by atoms with van der Waals surface area (Å²) in [7, 11) is 2.81. The average Bonchev–Trinajstić information content (AvgIpc) is 2.72. The molecule has 0 atom stereocenters. The average molecular weight is 379 g/mol. The topological polar surface area (TPSA) is 103 Å². The SMILES string of the molecule is COc1cc(/C=N\NC(=O)c2cccc3ccccc23)c([N+](=O)[O-])cc1OC. The van der Waals surface area contributed by atoms with Crippen molar-refractivity contribution < 1.29 is 19.2 Å². The first-order chi connectivity index (χ1) is 13.5. The highest BCUT2D eigenvalue weighted by molar-refractivity contribution is 6.07. The lowest BCUT2D eigenvalue weighted by molar-refractivity contribution is -0.385. The molecule has 0 aliphatic heterocycles. The van der Waals surface area contributed by atoms with Crippen molar-refractivity contribution in [2.24, 2.45) is 5.10 Å². The van der Waals surface area contributed by atoms with Crippen LogP contribution in [0.1, 0.15) is 15.9 Å². The fourth-order valence-electron chi connectivity index (χ4n) is 2.79. The van der Waals surface area contributed by atoms with Gasteiger partial charge in [-0.2, -0.15) is 5.10 Å². The summed E-state index contributed by atoms with van der Waals surface area (Å²) in [5.74, 6) is 0.122. The number of rotatable bonds is 6. The first kappa shape index (κ1) is 18.8. The van der Waals surface area contributed by atoms with Gasteiger partial charge in [0.05, 0.1) is 37.0 Å². The van der Waals surface area contributed by atoms with Crippen LogP contribution in [0, 0.1) is 10.1 Å². The first-order valence-corrected chi connectivity index (χ1v) is 8.26. The number of ether oxygens (including phenoxy) is 2. The highest BCUT2D eigenvalue weighted by Gasteiger charge is 2.18. The Morgan fingerprint density at radius 1 is 1.07 bits per heavy atom. The number of nitro benzene ring substituents is 1. The van der Waals surface area contributed by atoms with Crippen LogP contribution in [-0.4, -0.2) is 31.3 Å². The Bertz CT molecular complexity index is 1070. The van der Waals surface area contributed by atoms with Crippen molar-refractivity contribution >= 4 is 28.6 Å². The van der Waals surface area contributed by atoms with Crippen molar-refractivity contribution in [1.82, 2.24) is 5.43 Å². The van der Waals surface area contributed by atoms with Gasteiger partial charge in [0.25, 0.3) is 11.6 Å². The molecule has 1 amide bonds. The molecule has 0 bridgehead atoms. The Labute approximate surface area is 160 Å². The summed E-state index contributed by atoms with van der Waals surface area (Å²) in [5.41, 5.74) is 2.81. The molecule has 142 valence electrons. The lowest BCUT2D eigenvalue weighted by Crippen LogP contribution is -2.18. The quantitative estimate of drug-likeness (QED) is 0.401. The molecule has 3 aromatic rings. The predicted octanol–water partition coefficient (Wildman–Crippen LogP) is 3.53. The molecule has 0 unspecified atom stereocenters. The van der Waals surface area contributed by atoms with Crippen molar-refractivity contribution in [3.05, 3.63) is 75.8 Å². The molecule has 0 aromatic heterocycles. The van der Waals surface area contributed by atoms with E-state index in [4.69, 9.17) is 9.47 Å². The van der Waals surface area contributed by atoms with E-state index in [2.05, 4.69) is 10.5 Å². The minimum atomic E-state index is -0.560. The van der Waals surface area contributed by atoms with Crippen molar-refractivity contribution in [3.63, 3.8) is 0 Å². The monoisotopic (exact) mass is 379 g/mol. The maximum absolute atomic E-state index is 12.5. The maximum Gasteiger partial charge on any atom is 0.282 e. The summed E-state index contributed by atoms with van der Waals surface area (Å²) >= 11 is 0. The number of carbonyl (C=O) groups is 1. The fraction of sp³-hybridized carbons (Fsp3) is 0.100. The second kappa shape index (κ2) is 8.17. The maximum atomic E-state index is 12.5. The normalized spacial score (nSPS) is 10.8. The number of nitro groups is 1. The molecule has 8 nitrogen and oxygen atoms in total. The molecule has 0 radical (unpaired) electrons. The van der Waals surface area contributed by atoms with Crippen LogP contribution in [0.3, 0.4) is 0 Å². The molecule has 3 aromatic carbocycles. The molecular formula is C20H17N3O5. The van der Waals surface area contributed by atoms with Crippen LogP contribution in [0.2, 0.25) is 0 Å². The van der Waals surface area contributed by atoms with E-state index in [1.807, 2.05) is 30.3 Å². The molecule has 8 heteroatoms. The standard InChI is InChI=1S/C20H17N3O5/c1-27-18-10-14(17(23(25)26)11-19(18)28-2)12-21-22-20(24)16-9-5-7-13-6-3-4-8-15(13)16/h3-12H,1-2H3,(H,22,24)/b21-12-. The van der Waals surface area contributed by atoms with E-state index < -0.39 is 10.8 Å². The van der Waals surface area contributed by atoms with E-state index in [0.717, 1.165) is 10.8 Å². The smallest absolute Gasteiger partial charge is 0.282 e. The Morgan fingerprint density at radius 2 is 1.75 bits per heavy atom. The third-order valence-corrected chi connectivity index (χ3v) is 4.13. The molecule has 1 N–H and O–H groups in total. The first-order valence-electron chi connectivity index (χ1n) is 8.26. The van der Waals surface area contributed by atoms with Crippen LogP contribution in [0.25, 0.3) is 10.8 Å². The molecule has 28 heavy (non-hydrogen) atoms. The van der Waals surface area contributed by atoms with Crippen LogP contribution in [0.15, 0.2) is 59.7 Å². The predicted molar refractivity (Wildman–Crippen MR) is 105 cm³/mol. The molecular weight excluding hydrogens is 362 g/mol. The molecule has 0 fully saturated rings. The van der Waals surface area contributed by atoms with Crippen LogP contribution in [0.4, 0.5) is 5.69 Å². The number of nitrogens with one attached hydrogen (secondary N) is 1. The van der Waals surface area contributed by atoms with Gasteiger partial charge in [-0.25, -0.2) is 5.43 Å². The fourth-order valence-corrected chi connectivity index (χ4v) is 2.79. The van der Waals surface area contributed by atoms with E-state index >= 15 is 0 Å². The molecule has 0 aliphatic rings. The Morgan fingerprint density at radius 3 is 2.46 bits per heavy atom. The zero-order valence-electron chi connectivity index (χ0n) is 15.2. The summed E-state index contributed by atoms with van der Waals surface area (Å²) in [6.45, 7) is 0. The van der Waals surface area contributed by atoms with Gasteiger partial charge >= 0.3 is 0 Å². The third kappa shape index (κ3) is 3.75. The minimum Gasteiger partial charge on any atom is -0.493 e. The summed E-state index contributed by atoms with van der Waals surface area (Å²) < 4.78 is 10.2. The molecule has 0 saturated heterocycles. The number of carbonyl (C=O) groups excluding carboxylic acids is 1. The van der Waals surface area contributed by atoms with Crippen LogP contribution >= 0.6 is 0 Å². The lowest BCUT2D eigenvalue weighted by atomic mass is 10.0. The minimum absolute atomic E-state index is 0.167. The van der Waals surface area contributed by atoms with Gasteiger partial charge in [-0.1, -0.05) is 36.4 Å². The molecule has 0 aliphatic carbocycles. The summed E-state index contributed by atoms with van der Waals surface area (Å²) in [4.78, 5) is 23.2. The van der Waals surface area contributed by atoms with E-state index in [9.17, 15) is 14.9 Å². The Hall–Kier alpha value is -3.94. The number of hydrazone groups is 1. The highest BCUT2D eigenvalue weighted by Crippen LogP contribution is 2.33. The second-order valence-electron chi connectivity index (χ2n) is 5.75. The van der Waals surface area contributed by atoms with E-state index in [0.29, 0.717) is 11.3 Å². The van der Waals surface area contributed by atoms with Crippen LogP contribution < -0.4 is 14.9 Å². The Balaban J connectivity index is 1.88. The largest absolute Gasteiger partial charge is 0.493 e. The van der Waals surface area contributed by atoms with Gasteiger partial charge in [0.1, 0.15) is 0 Å². The number of methoxy groups -OCH3 is 2. The van der Waals surface area contributed by atoms with Gasteiger partial charge in [-0.3, -0.25) is 14.9 Å². The number of nitrogens with zero attached hydrogens (tertiary/aromatic N) is 2. The number of fused-ring (bicyclic) bond motifs is 1. The van der Waals surface area contributed by atoms with Crippen LogP contribution in [-0.2, 0) is 0 Å². The van der Waals surface area contributed by atoms with Crippen molar-refractivity contribution in [3.8, 4) is 11.5 Å². The summed E-state index contributed by atoms with van der Waals surface area (Å²) in [5, 5.41) is 16.9. The van der Waals surface area contributed by atoms with Crippen molar-refractivity contribution in [1.29, 1.82) is 0 Å². The van der Waals surface area contributed by atoms with Gasteiger partial charge in [0, 0.05) is 5.56 Å². The van der Waals surface area contributed by atoms with Gasteiger partial charge < -0.3 is 9.47 Å². The molecule has 0 heterocycles. The molecule has 3 rings (SSSR count). The lowest BCUT2D eigenvalue weighted by Gasteiger charge is -2.08. The summed E-state index contributed by atoms with van der Waals surface area (Å²) in [6, 6.07) is 15.5. The zero-order valence-corrected chi connectivity index (χ0v) is 15.2. The van der Waals surface area contributed by atoms with E-state index in [-0.39, 0.29) is 17.0 Å².